The van der Waals surface area contributed by atoms with E-state index in [1.165, 1.54) is 36.1 Å². The quantitative estimate of drug-likeness (QED) is 0.480. The first-order valence-corrected chi connectivity index (χ1v) is 12.0. The van der Waals surface area contributed by atoms with E-state index in [0.29, 0.717) is 29.4 Å². The number of carbonyl (C=O) groups excluding carboxylic acids is 1. The van der Waals surface area contributed by atoms with Crippen molar-refractivity contribution >= 4 is 23.2 Å². The van der Waals surface area contributed by atoms with Crippen LogP contribution >= 0.6 is 11.6 Å². The molecule has 1 amide bonds. The Kier molecular flexibility index (Phi) is 4.95. The Bertz CT molecular complexity index is 1160. The van der Waals surface area contributed by atoms with Gasteiger partial charge in [0.1, 0.15) is 0 Å². The van der Waals surface area contributed by atoms with Gasteiger partial charge < -0.3 is 10.6 Å². The Morgan fingerprint density at radius 1 is 0.969 bits per heavy atom. The second-order valence-electron chi connectivity index (χ2n) is 9.55. The van der Waals surface area contributed by atoms with Gasteiger partial charge in [-0.15, -0.1) is 0 Å². The SMILES string of the molecule is O=C(NCc1ccccc1Cl)c1ccc2c(c1)[C@@H]1[C@H]3CC[C@@H](C3)[C@@H]1[C@@H](c1ccccc1)N2. The van der Waals surface area contributed by atoms with Crippen LogP contribution in [0.15, 0.2) is 72.8 Å². The van der Waals surface area contributed by atoms with E-state index in [1.54, 1.807) is 0 Å². The predicted molar refractivity (Wildman–Crippen MR) is 129 cm³/mol. The number of hydrogen-bond acceptors (Lipinski definition) is 2. The minimum Gasteiger partial charge on any atom is -0.378 e. The molecule has 2 N–H and O–H groups in total. The number of carbonyl (C=O) groups is 1. The molecule has 0 unspecified atom stereocenters. The molecule has 3 nitrogen and oxygen atoms in total. The first kappa shape index (κ1) is 19.9. The summed E-state index contributed by atoms with van der Waals surface area (Å²) in [5.74, 6) is 2.60. The molecule has 2 aliphatic carbocycles. The summed E-state index contributed by atoms with van der Waals surface area (Å²) in [6.07, 6.45) is 3.97. The average molecular weight is 443 g/mol. The summed E-state index contributed by atoms with van der Waals surface area (Å²) in [6.45, 7) is 0.431. The van der Waals surface area contributed by atoms with Crippen molar-refractivity contribution in [3.8, 4) is 0 Å². The van der Waals surface area contributed by atoms with Gasteiger partial charge in [0.25, 0.3) is 5.91 Å². The maximum Gasteiger partial charge on any atom is 0.251 e. The summed E-state index contributed by atoms with van der Waals surface area (Å²) in [6, 6.07) is 25.1. The topological polar surface area (TPSA) is 41.1 Å². The highest BCUT2D eigenvalue weighted by Crippen LogP contribution is 2.63. The van der Waals surface area contributed by atoms with Crippen LogP contribution in [0.1, 0.15) is 58.3 Å². The molecule has 3 aliphatic rings. The van der Waals surface area contributed by atoms with Gasteiger partial charge in [0, 0.05) is 22.8 Å². The van der Waals surface area contributed by atoms with E-state index in [2.05, 4.69) is 53.1 Å². The highest BCUT2D eigenvalue weighted by Gasteiger charge is 2.53. The lowest BCUT2D eigenvalue weighted by Gasteiger charge is -2.43. The van der Waals surface area contributed by atoms with Gasteiger partial charge in [-0.1, -0.05) is 60.1 Å². The van der Waals surface area contributed by atoms with E-state index >= 15 is 0 Å². The Balaban J connectivity index is 1.30. The molecule has 2 bridgehead atoms. The minimum atomic E-state index is -0.0439. The zero-order valence-corrected chi connectivity index (χ0v) is 18.7. The Labute approximate surface area is 194 Å². The molecule has 5 atom stereocenters. The molecule has 0 radical (unpaired) electrons. The van der Waals surface area contributed by atoms with Gasteiger partial charge in [-0.05, 0) is 83.9 Å². The van der Waals surface area contributed by atoms with Crippen molar-refractivity contribution in [2.75, 3.05) is 5.32 Å². The molecule has 3 aromatic carbocycles. The van der Waals surface area contributed by atoms with E-state index in [1.807, 2.05) is 30.3 Å². The van der Waals surface area contributed by atoms with Gasteiger partial charge in [-0.2, -0.15) is 0 Å². The molecule has 3 aromatic rings. The molecule has 2 fully saturated rings. The maximum atomic E-state index is 13.0. The van der Waals surface area contributed by atoms with Crippen molar-refractivity contribution in [1.82, 2.24) is 5.32 Å². The standard InChI is InChI=1S/C28H27ClN2O/c29-23-9-5-4-8-21(23)16-30-28(32)20-12-13-24-22(15-20)25-18-10-11-19(14-18)26(25)27(31-24)17-6-2-1-3-7-17/h1-9,12-13,15,18-19,25-27,31H,10-11,14,16H2,(H,30,32)/t18-,19-,25-,26-,27+/m0/s1. The Morgan fingerprint density at radius 2 is 1.75 bits per heavy atom. The van der Waals surface area contributed by atoms with Crippen molar-refractivity contribution < 1.29 is 4.79 Å². The number of hydrogen-bond donors (Lipinski definition) is 2. The number of anilines is 1. The Morgan fingerprint density at radius 3 is 2.59 bits per heavy atom. The average Bonchev–Trinajstić information content (AvgIpc) is 3.46. The molecule has 32 heavy (non-hydrogen) atoms. The number of nitrogens with one attached hydrogen (secondary N) is 2. The van der Waals surface area contributed by atoms with E-state index in [9.17, 15) is 4.79 Å². The van der Waals surface area contributed by atoms with E-state index in [4.69, 9.17) is 11.6 Å². The minimum absolute atomic E-state index is 0.0439. The van der Waals surface area contributed by atoms with Crippen LogP contribution in [0.3, 0.4) is 0 Å². The van der Waals surface area contributed by atoms with Gasteiger partial charge >= 0.3 is 0 Å². The van der Waals surface area contributed by atoms with Crippen LogP contribution < -0.4 is 10.6 Å². The molecule has 2 saturated carbocycles. The molecule has 0 aromatic heterocycles. The van der Waals surface area contributed by atoms with Crippen LogP contribution in [0.2, 0.25) is 5.02 Å². The highest BCUT2D eigenvalue weighted by molar-refractivity contribution is 6.31. The summed E-state index contributed by atoms with van der Waals surface area (Å²) < 4.78 is 0. The number of rotatable bonds is 4. The second kappa shape index (κ2) is 7.97. The smallest absolute Gasteiger partial charge is 0.251 e. The van der Waals surface area contributed by atoms with Gasteiger partial charge in [0.15, 0.2) is 0 Å². The largest absolute Gasteiger partial charge is 0.378 e. The molecule has 1 heterocycles. The lowest BCUT2D eigenvalue weighted by atomic mass is 9.68. The molecule has 6 rings (SSSR count). The van der Waals surface area contributed by atoms with Crippen LogP contribution in [0.5, 0.6) is 0 Å². The fraction of sp³-hybridized carbons (Fsp3) is 0.321. The maximum absolute atomic E-state index is 13.0. The third-order valence-corrected chi connectivity index (χ3v) is 8.27. The molecular weight excluding hydrogens is 416 g/mol. The summed E-state index contributed by atoms with van der Waals surface area (Å²) in [5, 5.41) is 7.58. The number of amides is 1. The summed E-state index contributed by atoms with van der Waals surface area (Å²) >= 11 is 6.25. The zero-order chi connectivity index (χ0) is 21.7. The second-order valence-corrected chi connectivity index (χ2v) is 9.95. The number of halogens is 1. The van der Waals surface area contributed by atoms with Crippen LogP contribution in [0.4, 0.5) is 5.69 Å². The summed E-state index contributed by atoms with van der Waals surface area (Å²) in [4.78, 5) is 13.0. The fourth-order valence-corrected chi connectivity index (χ4v) is 6.74. The first-order valence-electron chi connectivity index (χ1n) is 11.7. The van der Waals surface area contributed by atoms with Crippen molar-refractivity contribution in [3.63, 3.8) is 0 Å². The number of benzene rings is 3. The van der Waals surface area contributed by atoms with Crippen LogP contribution in [-0.2, 0) is 6.54 Å². The summed E-state index contributed by atoms with van der Waals surface area (Å²) in [5.41, 5.74) is 5.57. The van der Waals surface area contributed by atoms with Gasteiger partial charge in [0.05, 0.1) is 6.04 Å². The third-order valence-electron chi connectivity index (χ3n) is 7.91. The van der Waals surface area contributed by atoms with Crippen molar-refractivity contribution in [2.24, 2.45) is 17.8 Å². The predicted octanol–water partition coefficient (Wildman–Crippen LogP) is 6.57. The molecule has 0 saturated heterocycles. The van der Waals surface area contributed by atoms with Gasteiger partial charge in [-0.3, -0.25) is 4.79 Å². The van der Waals surface area contributed by atoms with Gasteiger partial charge in [-0.25, -0.2) is 0 Å². The lowest BCUT2D eigenvalue weighted by molar-refractivity contribution is 0.0950. The summed E-state index contributed by atoms with van der Waals surface area (Å²) in [7, 11) is 0. The first-order chi connectivity index (χ1) is 15.7. The van der Waals surface area contributed by atoms with E-state index in [0.717, 1.165) is 23.0 Å². The molecular formula is C28H27ClN2O. The molecule has 1 aliphatic heterocycles. The Hall–Kier alpha value is -2.78. The van der Waals surface area contributed by atoms with Crippen LogP contribution in [0, 0.1) is 17.8 Å². The molecule has 162 valence electrons. The fourth-order valence-electron chi connectivity index (χ4n) is 6.54. The number of fused-ring (bicyclic) bond motifs is 7. The van der Waals surface area contributed by atoms with Crippen LogP contribution in [0.25, 0.3) is 0 Å². The lowest BCUT2D eigenvalue weighted by Crippen LogP contribution is -2.35. The van der Waals surface area contributed by atoms with Crippen molar-refractivity contribution in [3.05, 3.63) is 100 Å². The zero-order valence-electron chi connectivity index (χ0n) is 17.9. The van der Waals surface area contributed by atoms with E-state index in [-0.39, 0.29) is 5.91 Å². The monoisotopic (exact) mass is 442 g/mol. The van der Waals surface area contributed by atoms with Crippen molar-refractivity contribution in [2.45, 2.75) is 37.8 Å². The highest BCUT2D eigenvalue weighted by atomic mass is 35.5. The van der Waals surface area contributed by atoms with E-state index < -0.39 is 0 Å². The van der Waals surface area contributed by atoms with Crippen molar-refractivity contribution in [1.29, 1.82) is 0 Å². The van der Waals surface area contributed by atoms with Crippen LogP contribution in [-0.4, -0.2) is 5.91 Å². The normalized spacial score (nSPS) is 27.3. The third kappa shape index (κ3) is 3.31. The van der Waals surface area contributed by atoms with Gasteiger partial charge in [0.2, 0.25) is 0 Å². The molecule has 0 spiro atoms. The molecule has 4 heteroatoms.